The topological polar surface area (TPSA) is 26.3 Å². The number of hydrogen-bond donors (Lipinski definition) is 0. The van der Waals surface area contributed by atoms with Crippen molar-refractivity contribution in [2.45, 2.75) is 0 Å². The summed E-state index contributed by atoms with van der Waals surface area (Å²) in [6, 6.07) is 26.5. The molecule has 2 nitrogen and oxygen atoms in total. The fourth-order valence-corrected chi connectivity index (χ4v) is 2.11. The van der Waals surface area contributed by atoms with Gasteiger partial charge in [0.25, 0.3) is 0 Å². The molecule has 0 fully saturated rings. The van der Waals surface area contributed by atoms with Gasteiger partial charge in [0.05, 0.1) is 5.56 Å². The number of hydrogen-bond acceptors (Lipinski definition) is 2. The molecule has 0 amide bonds. The van der Waals surface area contributed by atoms with E-state index in [9.17, 15) is 4.79 Å². The smallest absolute Gasteiger partial charge is 0.343 e. The molecule has 0 saturated heterocycles. The minimum absolute atomic E-state index is 0.346. The van der Waals surface area contributed by atoms with Crippen molar-refractivity contribution in [3.63, 3.8) is 0 Å². The van der Waals surface area contributed by atoms with E-state index in [1.54, 1.807) is 18.2 Å². The summed E-state index contributed by atoms with van der Waals surface area (Å²) in [5.41, 5.74) is 2.66. The van der Waals surface area contributed by atoms with Crippen LogP contribution in [0.4, 0.5) is 0 Å². The molecule has 0 spiro atoms. The Morgan fingerprint density at radius 3 is 2.00 bits per heavy atom. The standard InChI is InChI=1S/C19H14O2/c20-19(16-10-5-2-6-11-16)21-18-13-7-12-17(14-18)15-8-3-1-4-9-15/h1-14H. The molecule has 0 radical (unpaired) electrons. The Balaban J connectivity index is 1.83. The second-order valence-corrected chi connectivity index (χ2v) is 4.65. The number of esters is 1. The van der Waals surface area contributed by atoms with Crippen molar-refractivity contribution in [2.24, 2.45) is 0 Å². The Morgan fingerprint density at radius 1 is 0.667 bits per heavy atom. The van der Waals surface area contributed by atoms with E-state index in [2.05, 4.69) is 0 Å². The minimum atomic E-state index is -0.346. The fraction of sp³-hybridized carbons (Fsp3) is 0. The lowest BCUT2D eigenvalue weighted by molar-refractivity contribution is 0.0735. The molecule has 0 aliphatic rings. The number of carbonyl (C=O) groups excluding carboxylic acids is 1. The van der Waals surface area contributed by atoms with Gasteiger partial charge in [0.1, 0.15) is 5.75 Å². The molecule has 2 heteroatoms. The normalized spacial score (nSPS) is 10.1. The molecule has 102 valence electrons. The zero-order chi connectivity index (χ0) is 14.5. The SMILES string of the molecule is O=C(Oc1cccc(-c2ccccc2)c1)c1ccccc1. The molecule has 0 aliphatic carbocycles. The largest absolute Gasteiger partial charge is 0.423 e. The Hall–Kier alpha value is -2.87. The maximum absolute atomic E-state index is 12.0. The van der Waals surface area contributed by atoms with E-state index >= 15 is 0 Å². The van der Waals surface area contributed by atoms with E-state index in [1.165, 1.54) is 0 Å². The molecule has 0 saturated carbocycles. The van der Waals surface area contributed by atoms with Crippen LogP contribution in [0.2, 0.25) is 0 Å². The monoisotopic (exact) mass is 274 g/mol. The Bertz CT molecular complexity index is 734. The predicted molar refractivity (Wildman–Crippen MR) is 83.3 cm³/mol. The van der Waals surface area contributed by atoms with E-state index in [0.717, 1.165) is 11.1 Å². The lowest BCUT2D eigenvalue weighted by Gasteiger charge is -2.07. The van der Waals surface area contributed by atoms with Crippen LogP contribution in [0.5, 0.6) is 5.75 Å². The summed E-state index contributed by atoms with van der Waals surface area (Å²) in [6.45, 7) is 0. The first-order valence-electron chi connectivity index (χ1n) is 6.76. The van der Waals surface area contributed by atoms with E-state index < -0.39 is 0 Å². The van der Waals surface area contributed by atoms with Gasteiger partial charge in [-0.05, 0) is 35.4 Å². The maximum Gasteiger partial charge on any atom is 0.343 e. The molecule has 3 rings (SSSR count). The van der Waals surface area contributed by atoms with E-state index in [0.29, 0.717) is 11.3 Å². The lowest BCUT2D eigenvalue weighted by Crippen LogP contribution is -2.08. The summed E-state index contributed by atoms with van der Waals surface area (Å²) in [5.74, 6) is 0.200. The highest BCUT2D eigenvalue weighted by Crippen LogP contribution is 2.24. The van der Waals surface area contributed by atoms with E-state index in [1.807, 2.05) is 66.7 Å². The quantitative estimate of drug-likeness (QED) is 0.516. The summed E-state index contributed by atoms with van der Waals surface area (Å²) in [4.78, 5) is 12.0. The van der Waals surface area contributed by atoms with Crippen LogP contribution in [-0.4, -0.2) is 5.97 Å². The van der Waals surface area contributed by atoms with Crippen molar-refractivity contribution in [1.29, 1.82) is 0 Å². The molecular formula is C19H14O2. The van der Waals surface area contributed by atoms with Crippen molar-refractivity contribution in [2.75, 3.05) is 0 Å². The van der Waals surface area contributed by atoms with E-state index in [-0.39, 0.29) is 5.97 Å². The molecule has 0 unspecified atom stereocenters. The maximum atomic E-state index is 12.0. The number of benzene rings is 3. The summed E-state index contributed by atoms with van der Waals surface area (Å²) in [5, 5.41) is 0. The van der Waals surface area contributed by atoms with Gasteiger partial charge in [-0.3, -0.25) is 0 Å². The van der Waals surface area contributed by atoms with Crippen LogP contribution in [0.1, 0.15) is 10.4 Å². The van der Waals surface area contributed by atoms with E-state index in [4.69, 9.17) is 4.74 Å². The number of carbonyl (C=O) groups is 1. The first-order valence-corrected chi connectivity index (χ1v) is 6.76. The molecule has 3 aromatic carbocycles. The molecular weight excluding hydrogens is 260 g/mol. The highest BCUT2D eigenvalue weighted by atomic mass is 16.5. The van der Waals surface area contributed by atoms with Crippen LogP contribution >= 0.6 is 0 Å². The van der Waals surface area contributed by atoms with Crippen LogP contribution < -0.4 is 4.74 Å². The van der Waals surface area contributed by atoms with Gasteiger partial charge < -0.3 is 4.74 Å². The highest BCUT2D eigenvalue weighted by Gasteiger charge is 2.08. The third kappa shape index (κ3) is 3.18. The molecule has 0 aromatic heterocycles. The van der Waals surface area contributed by atoms with Gasteiger partial charge in [0.2, 0.25) is 0 Å². The first-order chi connectivity index (χ1) is 10.3. The van der Waals surface area contributed by atoms with Crippen molar-refractivity contribution < 1.29 is 9.53 Å². The second-order valence-electron chi connectivity index (χ2n) is 4.65. The molecule has 0 atom stereocenters. The van der Waals surface area contributed by atoms with Gasteiger partial charge in [0.15, 0.2) is 0 Å². The summed E-state index contributed by atoms with van der Waals surface area (Å²) in [7, 11) is 0. The molecule has 0 bridgehead atoms. The molecule has 0 heterocycles. The van der Waals surface area contributed by atoms with Crippen molar-refractivity contribution in [3.8, 4) is 16.9 Å². The van der Waals surface area contributed by atoms with Gasteiger partial charge in [-0.25, -0.2) is 4.79 Å². The Labute approximate surface area is 123 Å². The minimum Gasteiger partial charge on any atom is -0.423 e. The molecule has 21 heavy (non-hydrogen) atoms. The molecule has 0 N–H and O–H groups in total. The zero-order valence-corrected chi connectivity index (χ0v) is 11.4. The summed E-state index contributed by atoms with van der Waals surface area (Å²) < 4.78 is 5.42. The number of rotatable bonds is 3. The molecule has 3 aromatic rings. The van der Waals surface area contributed by atoms with Crippen molar-refractivity contribution >= 4 is 5.97 Å². The third-order valence-electron chi connectivity index (χ3n) is 3.16. The summed E-state index contributed by atoms with van der Waals surface area (Å²) >= 11 is 0. The van der Waals surface area contributed by atoms with Crippen LogP contribution in [0.3, 0.4) is 0 Å². The van der Waals surface area contributed by atoms with Crippen molar-refractivity contribution in [1.82, 2.24) is 0 Å². The molecule has 0 aliphatic heterocycles. The Morgan fingerprint density at radius 2 is 1.29 bits per heavy atom. The van der Waals surface area contributed by atoms with Crippen LogP contribution in [0.15, 0.2) is 84.9 Å². The van der Waals surface area contributed by atoms with Crippen LogP contribution in [-0.2, 0) is 0 Å². The fourth-order valence-electron chi connectivity index (χ4n) is 2.11. The lowest BCUT2D eigenvalue weighted by atomic mass is 10.1. The van der Waals surface area contributed by atoms with Gasteiger partial charge in [-0.2, -0.15) is 0 Å². The van der Waals surface area contributed by atoms with Crippen LogP contribution in [0.25, 0.3) is 11.1 Å². The average Bonchev–Trinajstić information content (AvgIpc) is 2.57. The second kappa shape index (κ2) is 6.06. The van der Waals surface area contributed by atoms with Gasteiger partial charge in [-0.15, -0.1) is 0 Å². The average molecular weight is 274 g/mol. The number of ether oxygens (including phenoxy) is 1. The predicted octanol–water partition coefficient (Wildman–Crippen LogP) is 4.57. The first kappa shape index (κ1) is 13.1. The van der Waals surface area contributed by atoms with Crippen LogP contribution in [0, 0.1) is 0 Å². The highest BCUT2D eigenvalue weighted by molar-refractivity contribution is 5.91. The summed E-state index contributed by atoms with van der Waals surface area (Å²) in [6.07, 6.45) is 0. The van der Waals surface area contributed by atoms with Gasteiger partial charge in [-0.1, -0.05) is 60.7 Å². The van der Waals surface area contributed by atoms with Gasteiger partial charge in [0, 0.05) is 0 Å². The van der Waals surface area contributed by atoms with Gasteiger partial charge >= 0.3 is 5.97 Å². The zero-order valence-electron chi connectivity index (χ0n) is 11.4. The third-order valence-corrected chi connectivity index (χ3v) is 3.16. The van der Waals surface area contributed by atoms with Crippen molar-refractivity contribution in [3.05, 3.63) is 90.5 Å². The Kier molecular flexibility index (Phi) is 3.79.